The number of amides is 1. The van der Waals surface area contributed by atoms with Crippen molar-refractivity contribution in [1.82, 2.24) is 0 Å². The van der Waals surface area contributed by atoms with Gasteiger partial charge in [-0.15, -0.1) is 0 Å². The third-order valence-corrected chi connectivity index (χ3v) is 3.55. The third-order valence-electron chi connectivity index (χ3n) is 1.94. The van der Waals surface area contributed by atoms with E-state index < -0.39 is 21.9 Å². The summed E-state index contributed by atoms with van der Waals surface area (Å²) in [6.45, 7) is 1.41. The van der Waals surface area contributed by atoms with Crippen LogP contribution in [0.3, 0.4) is 0 Å². The SMILES string of the molecule is CCS(=O)(=O)Nc1cc(NC(=O)O)c(F)cc1Cl. The van der Waals surface area contributed by atoms with Crippen molar-refractivity contribution < 1.29 is 22.7 Å². The Morgan fingerprint density at radius 2 is 2.06 bits per heavy atom. The minimum atomic E-state index is -3.59. The minimum absolute atomic E-state index is 0.0938. The van der Waals surface area contributed by atoms with Crippen molar-refractivity contribution in [2.45, 2.75) is 6.92 Å². The molecule has 0 radical (unpaired) electrons. The number of benzene rings is 1. The second-order valence-corrected chi connectivity index (χ2v) is 5.67. The molecular formula is C9H10ClFN2O4S. The molecule has 1 rings (SSSR count). The normalized spacial score (nSPS) is 11.1. The first-order chi connectivity index (χ1) is 8.25. The van der Waals surface area contributed by atoms with E-state index in [0.717, 1.165) is 12.1 Å². The number of hydrogen-bond acceptors (Lipinski definition) is 3. The summed E-state index contributed by atoms with van der Waals surface area (Å²) < 4.78 is 38.1. The summed E-state index contributed by atoms with van der Waals surface area (Å²) in [5.74, 6) is -1.09. The number of carbonyl (C=O) groups is 1. The second kappa shape index (κ2) is 5.40. The molecule has 0 unspecified atom stereocenters. The van der Waals surface area contributed by atoms with Gasteiger partial charge in [-0.1, -0.05) is 11.6 Å². The Bertz CT molecular complexity index is 576. The Hall–Kier alpha value is -1.54. The van der Waals surface area contributed by atoms with Gasteiger partial charge in [-0.2, -0.15) is 0 Å². The molecular weight excluding hydrogens is 287 g/mol. The van der Waals surface area contributed by atoms with E-state index in [-0.39, 0.29) is 22.2 Å². The largest absolute Gasteiger partial charge is 0.465 e. The average molecular weight is 297 g/mol. The molecule has 0 saturated carbocycles. The number of sulfonamides is 1. The Balaban J connectivity index is 3.17. The van der Waals surface area contributed by atoms with E-state index in [1.807, 2.05) is 0 Å². The lowest BCUT2D eigenvalue weighted by atomic mass is 10.2. The number of nitrogens with one attached hydrogen (secondary N) is 2. The van der Waals surface area contributed by atoms with Gasteiger partial charge in [0.05, 0.1) is 22.2 Å². The summed E-state index contributed by atoms with van der Waals surface area (Å²) in [6, 6.07) is 1.79. The molecule has 0 fully saturated rings. The fraction of sp³-hybridized carbons (Fsp3) is 0.222. The number of hydrogen-bond donors (Lipinski definition) is 3. The molecule has 0 heterocycles. The van der Waals surface area contributed by atoms with Gasteiger partial charge >= 0.3 is 6.09 Å². The van der Waals surface area contributed by atoms with Crippen molar-refractivity contribution in [2.24, 2.45) is 0 Å². The zero-order valence-electron chi connectivity index (χ0n) is 9.20. The van der Waals surface area contributed by atoms with Crippen LogP contribution in [0.25, 0.3) is 0 Å². The van der Waals surface area contributed by atoms with E-state index >= 15 is 0 Å². The zero-order chi connectivity index (χ0) is 13.9. The molecule has 3 N–H and O–H groups in total. The van der Waals surface area contributed by atoms with E-state index in [1.54, 1.807) is 5.32 Å². The molecule has 1 aromatic carbocycles. The lowest BCUT2D eigenvalue weighted by Crippen LogP contribution is -2.16. The molecule has 0 aromatic heterocycles. The van der Waals surface area contributed by atoms with Gasteiger partial charge < -0.3 is 5.11 Å². The van der Waals surface area contributed by atoms with Crippen LogP contribution >= 0.6 is 11.6 Å². The Morgan fingerprint density at radius 1 is 1.44 bits per heavy atom. The molecule has 1 amide bonds. The van der Waals surface area contributed by atoms with Gasteiger partial charge in [0, 0.05) is 0 Å². The first kappa shape index (κ1) is 14.5. The van der Waals surface area contributed by atoms with E-state index in [1.165, 1.54) is 6.92 Å². The minimum Gasteiger partial charge on any atom is -0.465 e. The predicted molar refractivity (Wildman–Crippen MR) is 66.1 cm³/mol. The monoisotopic (exact) mass is 296 g/mol. The van der Waals surface area contributed by atoms with Gasteiger partial charge in [0.15, 0.2) is 0 Å². The summed E-state index contributed by atoms with van der Waals surface area (Å²) in [4.78, 5) is 10.4. The highest BCUT2D eigenvalue weighted by molar-refractivity contribution is 7.92. The summed E-state index contributed by atoms with van der Waals surface area (Å²) in [5.41, 5.74) is -0.482. The van der Waals surface area contributed by atoms with Gasteiger partial charge in [-0.05, 0) is 19.1 Å². The van der Waals surface area contributed by atoms with Crippen LogP contribution in [0, 0.1) is 5.82 Å². The van der Waals surface area contributed by atoms with E-state index in [0.29, 0.717) is 0 Å². The zero-order valence-corrected chi connectivity index (χ0v) is 10.8. The average Bonchev–Trinajstić information content (AvgIpc) is 2.24. The maximum absolute atomic E-state index is 13.3. The third kappa shape index (κ3) is 3.74. The van der Waals surface area contributed by atoms with Crippen LogP contribution in [-0.2, 0) is 10.0 Å². The van der Waals surface area contributed by atoms with Crippen LogP contribution in [0.4, 0.5) is 20.6 Å². The maximum Gasteiger partial charge on any atom is 0.409 e. The summed E-state index contributed by atoms with van der Waals surface area (Å²) in [7, 11) is -3.59. The number of anilines is 2. The fourth-order valence-electron chi connectivity index (χ4n) is 1.08. The maximum atomic E-state index is 13.3. The van der Waals surface area contributed by atoms with Crippen molar-refractivity contribution in [3.63, 3.8) is 0 Å². The molecule has 1 aromatic rings. The second-order valence-electron chi connectivity index (χ2n) is 3.25. The molecule has 0 saturated heterocycles. The van der Waals surface area contributed by atoms with Gasteiger partial charge in [-0.25, -0.2) is 17.6 Å². The molecule has 0 aliphatic rings. The highest BCUT2D eigenvalue weighted by Gasteiger charge is 2.14. The van der Waals surface area contributed by atoms with Crippen LogP contribution in [0.1, 0.15) is 6.92 Å². The van der Waals surface area contributed by atoms with Crippen molar-refractivity contribution in [2.75, 3.05) is 15.8 Å². The van der Waals surface area contributed by atoms with Crippen molar-refractivity contribution in [3.8, 4) is 0 Å². The van der Waals surface area contributed by atoms with Crippen LogP contribution in [0.15, 0.2) is 12.1 Å². The van der Waals surface area contributed by atoms with Gasteiger partial charge in [0.25, 0.3) is 0 Å². The van der Waals surface area contributed by atoms with E-state index in [9.17, 15) is 17.6 Å². The molecule has 6 nitrogen and oxygen atoms in total. The highest BCUT2D eigenvalue weighted by Crippen LogP contribution is 2.29. The van der Waals surface area contributed by atoms with Crippen LogP contribution in [0.5, 0.6) is 0 Å². The molecule has 0 aliphatic heterocycles. The molecule has 100 valence electrons. The number of rotatable bonds is 4. The molecule has 0 bridgehead atoms. The van der Waals surface area contributed by atoms with Crippen molar-refractivity contribution in [3.05, 3.63) is 23.0 Å². The Kier molecular flexibility index (Phi) is 4.36. The summed E-state index contributed by atoms with van der Waals surface area (Å²) >= 11 is 5.66. The van der Waals surface area contributed by atoms with Gasteiger partial charge in [0.1, 0.15) is 5.82 Å². The first-order valence-corrected chi connectivity index (χ1v) is 6.77. The van der Waals surface area contributed by atoms with Crippen LogP contribution in [-0.4, -0.2) is 25.4 Å². The van der Waals surface area contributed by atoms with Gasteiger partial charge in [0.2, 0.25) is 10.0 Å². The number of halogens is 2. The van der Waals surface area contributed by atoms with Crippen LogP contribution < -0.4 is 10.0 Å². The van der Waals surface area contributed by atoms with Crippen LogP contribution in [0.2, 0.25) is 5.02 Å². The molecule has 9 heteroatoms. The molecule has 0 atom stereocenters. The lowest BCUT2D eigenvalue weighted by molar-refractivity contribution is 0.209. The standard InChI is InChI=1S/C9H10ClFN2O4S/c1-2-18(16,17)13-7-4-8(12-9(14)15)6(11)3-5(7)10/h3-4,12-13H,2H2,1H3,(H,14,15). The van der Waals surface area contributed by atoms with E-state index in [2.05, 4.69) is 4.72 Å². The Labute approximate surface area is 108 Å². The molecule has 18 heavy (non-hydrogen) atoms. The first-order valence-electron chi connectivity index (χ1n) is 4.74. The molecule has 0 aliphatic carbocycles. The Morgan fingerprint density at radius 3 is 2.56 bits per heavy atom. The van der Waals surface area contributed by atoms with Gasteiger partial charge in [-0.3, -0.25) is 10.0 Å². The fourth-order valence-corrected chi connectivity index (χ4v) is 1.98. The molecule has 0 spiro atoms. The highest BCUT2D eigenvalue weighted by atomic mass is 35.5. The van der Waals surface area contributed by atoms with Crippen molar-refractivity contribution >= 4 is 39.1 Å². The lowest BCUT2D eigenvalue weighted by Gasteiger charge is -2.10. The quantitative estimate of drug-likeness (QED) is 0.794. The topological polar surface area (TPSA) is 95.5 Å². The van der Waals surface area contributed by atoms with Crippen molar-refractivity contribution in [1.29, 1.82) is 0 Å². The smallest absolute Gasteiger partial charge is 0.409 e. The summed E-state index contributed by atoms with van der Waals surface area (Å²) in [6.07, 6.45) is -1.47. The predicted octanol–water partition coefficient (Wildman–Crippen LogP) is 2.33. The number of carboxylic acid groups (broad SMARTS) is 1. The van der Waals surface area contributed by atoms with E-state index in [4.69, 9.17) is 16.7 Å². The summed E-state index contributed by atoms with van der Waals surface area (Å²) in [5, 5.41) is 10.1.